The van der Waals surface area contributed by atoms with Crippen LogP contribution < -0.4 is 5.32 Å². The summed E-state index contributed by atoms with van der Waals surface area (Å²) in [7, 11) is 0. The summed E-state index contributed by atoms with van der Waals surface area (Å²) in [5.41, 5.74) is 6.41. The Kier molecular flexibility index (Phi) is 5.94. The fraction of sp³-hybridized carbons (Fsp3) is 0.269. The molecule has 6 heteroatoms. The summed E-state index contributed by atoms with van der Waals surface area (Å²) < 4.78 is 1.85. The average molecular weight is 426 g/mol. The van der Waals surface area contributed by atoms with Crippen molar-refractivity contribution in [3.8, 4) is 22.3 Å². The molecule has 4 aromatic rings. The van der Waals surface area contributed by atoms with Crippen molar-refractivity contribution in [2.24, 2.45) is 0 Å². The van der Waals surface area contributed by atoms with E-state index in [1.54, 1.807) is 0 Å². The first kappa shape index (κ1) is 20.4. The van der Waals surface area contributed by atoms with Crippen molar-refractivity contribution < 1.29 is 4.79 Å². The van der Waals surface area contributed by atoms with Crippen molar-refractivity contribution >= 4 is 11.6 Å². The number of nitrogens with zero attached hydrogens (tertiary/aromatic N) is 4. The zero-order chi connectivity index (χ0) is 21.8. The predicted octanol–water partition coefficient (Wildman–Crippen LogP) is 4.17. The third-order valence-electron chi connectivity index (χ3n) is 6.01. The summed E-state index contributed by atoms with van der Waals surface area (Å²) in [6.07, 6.45) is 8.53. The number of hydrogen-bond acceptors (Lipinski definition) is 4. The van der Waals surface area contributed by atoms with Crippen LogP contribution in [0.3, 0.4) is 0 Å². The fourth-order valence-electron chi connectivity index (χ4n) is 4.23. The van der Waals surface area contributed by atoms with Gasteiger partial charge >= 0.3 is 0 Å². The summed E-state index contributed by atoms with van der Waals surface area (Å²) in [5, 5.41) is 7.99. The number of aromatic nitrogens is 3. The number of nitrogens with one attached hydrogen (secondary N) is 1. The molecule has 3 heterocycles. The molecule has 0 saturated carbocycles. The smallest absolute Gasteiger partial charge is 0.222 e. The van der Waals surface area contributed by atoms with Gasteiger partial charge in [0.2, 0.25) is 5.91 Å². The lowest BCUT2D eigenvalue weighted by molar-refractivity contribution is -0.127. The van der Waals surface area contributed by atoms with Crippen molar-refractivity contribution in [2.45, 2.75) is 25.8 Å². The van der Waals surface area contributed by atoms with Crippen molar-refractivity contribution in [1.29, 1.82) is 0 Å². The highest BCUT2D eigenvalue weighted by Gasteiger charge is 2.18. The van der Waals surface area contributed by atoms with Crippen molar-refractivity contribution in [3.05, 3.63) is 78.8 Å². The molecule has 0 radical (unpaired) electrons. The van der Waals surface area contributed by atoms with E-state index in [1.807, 2.05) is 46.2 Å². The minimum atomic E-state index is 0.305. The van der Waals surface area contributed by atoms with Gasteiger partial charge < -0.3 is 10.2 Å². The first-order chi connectivity index (χ1) is 15.8. The van der Waals surface area contributed by atoms with Crippen LogP contribution in [0.1, 0.15) is 24.8 Å². The van der Waals surface area contributed by atoms with Gasteiger partial charge in [0, 0.05) is 49.6 Å². The van der Waals surface area contributed by atoms with E-state index in [1.165, 1.54) is 5.56 Å². The van der Waals surface area contributed by atoms with Gasteiger partial charge in [-0.1, -0.05) is 54.6 Å². The zero-order valence-electron chi connectivity index (χ0n) is 18.1. The van der Waals surface area contributed by atoms with Crippen molar-refractivity contribution in [1.82, 2.24) is 24.8 Å². The summed E-state index contributed by atoms with van der Waals surface area (Å²) in [5.74, 6) is 0.305. The maximum absolute atomic E-state index is 11.6. The van der Waals surface area contributed by atoms with Crippen LogP contribution in [-0.4, -0.2) is 45.0 Å². The van der Waals surface area contributed by atoms with Crippen molar-refractivity contribution in [3.63, 3.8) is 0 Å². The Bertz CT molecular complexity index is 1200. The van der Waals surface area contributed by atoms with E-state index in [4.69, 9.17) is 0 Å². The molecular weight excluding hydrogens is 398 g/mol. The molecule has 0 bridgehead atoms. The summed E-state index contributed by atoms with van der Waals surface area (Å²) in [6, 6.07) is 18.8. The molecule has 1 fully saturated rings. The fourth-order valence-corrected chi connectivity index (χ4v) is 4.23. The van der Waals surface area contributed by atoms with Crippen LogP contribution in [0, 0.1) is 0 Å². The molecule has 0 spiro atoms. The Balaban J connectivity index is 1.19. The Morgan fingerprint density at radius 3 is 2.56 bits per heavy atom. The van der Waals surface area contributed by atoms with Crippen LogP contribution in [0.25, 0.3) is 27.9 Å². The van der Waals surface area contributed by atoms with E-state index >= 15 is 0 Å². The van der Waals surface area contributed by atoms with Crippen LogP contribution in [0.5, 0.6) is 0 Å². The monoisotopic (exact) mass is 425 g/mol. The molecule has 1 amide bonds. The van der Waals surface area contributed by atoms with Gasteiger partial charge in [0.25, 0.3) is 0 Å². The number of likely N-dealkylation sites (tertiary alicyclic amines) is 1. The van der Waals surface area contributed by atoms with Gasteiger partial charge in [-0.05, 0) is 36.1 Å². The molecule has 1 N–H and O–H groups in total. The van der Waals surface area contributed by atoms with Crippen LogP contribution >= 0.6 is 0 Å². The van der Waals surface area contributed by atoms with Gasteiger partial charge in [0.1, 0.15) is 0 Å². The third kappa shape index (κ3) is 4.41. The third-order valence-corrected chi connectivity index (χ3v) is 6.01. The van der Waals surface area contributed by atoms with E-state index in [0.717, 1.165) is 73.3 Å². The van der Waals surface area contributed by atoms with Crippen LogP contribution in [0.15, 0.2) is 73.2 Å². The van der Waals surface area contributed by atoms with Crippen LogP contribution in [0.4, 0.5) is 0 Å². The van der Waals surface area contributed by atoms with E-state index < -0.39 is 0 Å². The standard InChI is InChI=1S/C26H27N5O/c32-25-8-4-14-30(25)15-5-13-27-16-20-9-11-21(12-10-20)23-17-28-26-24(18-29-31(26)19-23)22-6-2-1-3-7-22/h1-3,6-7,9-12,17-19,27H,4-5,8,13-16H2. The Hall–Kier alpha value is -3.51. The first-order valence-corrected chi connectivity index (χ1v) is 11.2. The lowest BCUT2D eigenvalue weighted by Gasteiger charge is -2.15. The Morgan fingerprint density at radius 1 is 0.938 bits per heavy atom. The highest BCUT2D eigenvalue weighted by Crippen LogP contribution is 2.25. The second-order valence-corrected chi connectivity index (χ2v) is 8.25. The summed E-state index contributed by atoms with van der Waals surface area (Å²) in [4.78, 5) is 18.3. The van der Waals surface area contributed by atoms with E-state index in [9.17, 15) is 4.79 Å². The molecule has 1 aliphatic heterocycles. The average Bonchev–Trinajstić information content (AvgIpc) is 3.45. The summed E-state index contributed by atoms with van der Waals surface area (Å²) in [6.45, 7) is 3.52. The number of hydrogen-bond donors (Lipinski definition) is 1. The van der Waals surface area contributed by atoms with E-state index in [-0.39, 0.29) is 0 Å². The van der Waals surface area contributed by atoms with Gasteiger partial charge in [-0.3, -0.25) is 4.79 Å². The first-order valence-electron chi connectivity index (χ1n) is 11.2. The molecule has 2 aromatic carbocycles. The number of carbonyl (C=O) groups is 1. The zero-order valence-corrected chi connectivity index (χ0v) is 18.1. The Labute approximate surface area is 187 Å². The van der Waals surface area contributed by atoms with E-state index in [2.05, 4.69) is 51.8 Å². The van der Waals surface area contributed by atoms with Gasteiger partial charge in [0.05, 0.1) is 6.20 Å². The van der Waals surface area contributed by atoms with Crippen molar-refractivity contribution in [2.75, 3.05) is 19.6 Å². The molecule has 162 valence electrons. The second-order valence-electron chi connectivity index (χ2n) is 8.25. The number of carbonyl (C=O) groups excluding carboxylic acids is 1. The van der Waals surface area contributed by atoms with Gasteiger partial charge in [0.15, 0.2) is 5.65 Å². The normalized spacial score (nSPS) is 13.9. The quantitative estimate of drug-likeness (QED) is 0.431. The SMILES string of the molecule is O=C1CCCN1CCCNCc1ccc(-c2cnc3c(-c4ccccc4)cnn3c2)cc1. The van der Waals surface area contributed by atoms with Gasteiger partial charge in [-0.15, -0.1) is 0 Å². The lowest BCUT2D eigenvalue weighted by atomic mass is 10.1. The number of fused-ring (bicyclic) bond motifs is 1. The predicted molar refractivity (Wildman–Crippen MR) is 126 cm³/mol. The lowest BCUT2D eigenvalue weighted by Crippen LogP contribution is -2.28. The maximum atomic E-state index is 11.6. The Morgan fingerprint density at radius 2 is 1.78 bits per heavy atom. The molecule has 1 aliphatic rings. The molecule has 32 heavy (non-hydrogen) atoms. The highest BCUT2D eigenvalue weighted by molar-refractivity contribution is 5.78. The highest BCUT2D eigenvalue weighted by atomic mass is 16.2. The van der Waals surface area contributed by atoms with Crippen LogP contribution in [0.2, 0.25) is 0 Å². The molecule has 0 aliphatic carbocycles. The molecule has 2 aromatic heterocycles. The number of amides is 1. The molecule has 6 nitrogen and oxygen atoms in total. The molecule has 1 saturated heterocycles. The molecule has 5 rings (SSSR count). The summed E-state index contributed by atoms with van der Waals surface area (Å²) >= 11 is 0. The van der Waals surface area contributed by atoms with Gasteiger partial charge in [-0.2, -0.15) is 5.10 Å². The molecule has 0 atom stereocenters. The largest absolute Gasteiger partial charge is 0.343 e. The topological polar surface area (TPSA) is 62.5 Å². The minimum Gasteiger partial charge on any atom is -0.343 e. The van der Waals surface area contributed by atoms with Crippen LogP contribution in [-0.2, 0) is 11.3 Å². The number of rotatable bonds is 8. The number of benzene rings is 2. The van der Waals surface area contributed by atoms with Gasteiger partial charge in [-0.25, -0.2) is 9.50 Å². The molecular formula is C26H27N5O. The second kappa shape index (κ2) is 9.32. The van der Waals surface area contributed by atoms with E-state index in [0.29, 0.717) is 5.91 Å². The maximum Gasteiger partial charge on any atom is 0.222 e. The molecule has 0 unspecified atom stereocenters. The minimum absolute atomic E-state index is 0.305.